The molecule has 28 heavy (non-hydrogen) atoms. The highest BCUT2D eigenvalue weighted by Crippen LogP contribution is 2.35. The van der Waals surface area contributed by atoms with Gasteiger partial charge in [0, 0.05) is 16.8 Å². The van der Waals surface area contributed by atoms with E-state index in [4.69, 9.17) is 0 Å². The Bertz CT molecular complexity index is 1040. The SMILES string of the molecule is Cc1ccc(/C(=C\CC2CCCC2)c2ccc(S(=O)(=O)C3CC3)cc2)[nH]c1=O. The Kier molecular flexibility index (Phi) is 5.28. The summed E-state index contributed by atoms with van der Waals surface area (Å²) in [6, 6.07) is 10.9. The smallest absolute Gasteiger partial charge is 0.251 e. The maximum Gasteiger partial charge on any atom is 0.251 e. The molecule has 2 saturated carbocycles. The number of nitrogens with one attached hydrogen (secondary N) is 1. The van der Waals surface area contributed by atoms with Crippen LogP contribution in [0.2, 0.25) is 0 Å². The number of aromatic amines is 1. The lowest BCUT2D eigenvalue weighted by Crippen LogP contribution is -2.11. The summed E-state index contributed by atoms with van der Waals surface area (Å²) in [5.74, 6) is 0.696. The highest BCUT2D eigenvalue weighted by atomic mass is 32.2. The lowest BCUT2D eigenvalue weighted by Gasteiger charge is -2.12. The lowest BCUT2D eigenvalue weighted by molar-refractivity contribution is 0.558. The van der Waals surface area contributed by atoms with E-state index >= 15 is 0 Å². The Balaban J connectivity index is 1.68. The molecule has 2 aromatic rings. The Morgan fingerprint density at radius 3 is 2.32 bits per heavy atom. The van der Waals surface area contributed by atoms with E-state index in [-0.39, 0.29) is 10.8 Å². The molecule has 0 amide bonds. The second kappa shape index (κ2) is 7.70. The van der Waals surface area contributed by atoms with E-state index in [0.29, 0.717) is 16.4 Å². The summed E-state index contributed by atoms with van der Waals surface area (Å²) < 4.78 is 24.9. The van der Waals surface area contributed by atoms with E-state index in [1.54, 1.807) is 19.1 Å². The number of aromatic nitrogens is 1. The van der Waals surface area contributed by atoms with Crippen LogP contribution in [0.15, 0.2) is 52.2 Å². The molecule has 4 rings (SSSR count). The molecule has 1 aromatic carbocycles. The summed E-state index contributed by atoms with van der Waals surface area (Å²) in [4.78, 5) is 15.5. The van der Waals surface area contributed by atoms with Crippen LogP contribution in [0.3, 0.4) is 0 Å². The predicted molar refractivity (Wildman–Crippen MR) is 112 cm³/mol. The third kappa shape index (κ3) is 4.00. The first-order valence-electron chi connectivity index (χ1n) is 10.2. The van der Waals surface area contributed by atoms with Crippen molar-refractivity contribution < 1.29 is 8.42 Å². The average Bonchev–Trinajstić information content (AvgIpc) is 3.43. The van der Waals surface area contributed by atoms with Gasteiger partial charge in [-0.1, -0.05) is 50.0 Å². The third-order valence-electron chi connectivity index (χ3n) is 5.98. The minimum absolute atomic E-state index is 0.0859. The van der Waals surface area contributed by atoms with Gasteiger partial charge in [0.1, 0.15) is 0 Å². The quantitative estimate of drug-likeness (QED) is 0.773. The molecule has 148 valence electrons. The lowest BCUT2D eigenvalue weighted by atomic mass is 9.96. The van der Waals surface area contributed by atoms with Gasteiger partial charge in [-0.25, -0.2) is 8.42 Å². The van der Waals surface area contributed by atoms with Crippen molar-refractivity contribution in [3.05, 3.63) is 69.6 Å². The zero-order valence-electron chi connectivity index (χ0n) is 16.3. The van der Waals surface area contributed by atoms with Gasteiger partial charge in [0.2, 0.25) is 0 Å². The molecular formula is C23H27NO3S. The molecular weight excluding hydrogens is 370 g/mol. The summed E-state index contributed by atoms with van der Waals surface area (Å²) in [5.41, 5.74) is 3.29. The van der Waals surface area contributed by atoms with Gasteiger partial charge in [-0.2, -0.15) is 0 Å². The molecule has 1 N–H and O–H groups in total. The van der Waals surface area contributed by atoms with Crippen molar-refractivity contribution in [3.63, 3.8) is 0 Å². The molecule has 0 aliphatic heterocycles. The first-order chi connectivity index (χ1) is 13.4. The molecule has 1 aromatic heterocycles. The van der Waals surface area contributed by atoms with Crippen LogP contribution in [-0.2, 0) is 9.84 Å². The van der Waals surface area contributed by atoms with Gasteiger partial charge in [0.15, 0.2) is 9.84 Å². The number of pyridine rings is 1. The maximum atomic E-state index is 12.5. The second-order valence-corrected chi connectivity index (χ2v) is 10.4. The molecule has 1 heterocycles. The van der Waals surface area contributed by atoms with Crippen LogP contribution in [0.4, 0.5) is 0 Å². The third-order valence-corrected chi connectivity index (χ3v) is 8.26. The van der Waals surface area contributed by atoms with E-state index in [1.807, 2.05) is 24.3 Å². The summed E-state index contributed by atoms with van der Waals surface area (Å²) >= 11 is 0. The summed E-state index contributed by atoms with van der Waals surface area (Å²) in [7, 11) is -3.19. The van der Waals surface area contributed by atoms with Gasteiger partial charge in [-0.15, -0.1) is 0 Å². The monoisotopic (exact) mass is 397 g/mol. The number of sulfone groups is 1. The summed E-state index contributed by atoms with van der Waals surface area (Å²) in [6.45, 7) is 1.79. The molecule has 5 heteroatoms. The summed E-state index contributed by atoms with van der Waals surface area (Å²) in [6.07, 6.45) is 9.82. The highest BCUT2D eigenvalue weighted by Gasteiger charge is 2.36. The van der Waals surface area contributed by atoms with Crippen LogP contribution in [0, 0.1) is 12.8 Å². The largest absolute Gasteiger partial charge is 0.322 e. The van der Waals surface area contributed by atoms with Gasteiger partial charge in [0.25, 0.3) is 5.56 Å². The Labute approximate surface area is 166 Å². The second-order valence-electron chi connectivity index (χ2n) is 8.16. The van der Waals surface area contributed by atoms with E-state index in [9.17, 15) is 13.2 Å². The van der Waals surface area contributed by atoms with Crippen molar-refractivity contribution in [3.8, 4) is 0 Å². The fourth-order valence-electron chi connectivity index (χ4n) is 4.01. The van der Waals surface area contributed by atoms with Crippen molar-refractivity contribution in [2.45, 2.75) is 62.0 Å². The van der Waals surface area contributed by atoms with Crippen LogP contribution in [0.1, 0.15) is 61.8 Å². The molecule has 0 radical (unpaired) electrons. The molecule has 2 aliphatic carbocycles. The van der Waals surface area contributed by atoms with E-state index in [0.717, 1.165) is 36.1 Å². The fraction of sp³-hybridized carbons (Fsp3) is 0.435. The van der Waals surface area contributed by atoms with Gasteiger partial charge >= 0.3 is 0 Å². The number of allylic oxidation sites excluding steroid dienone is 1. The van der Waals surface area contributed by atoms with Gasteiger partial charge in [0.05, 0.1) is 10.1 Å². The van der Waals surface area contributed by atoms with Crippen molar-refractivity contribution in [2.24, 2.45) is 5.92 Å². The number of hydrogen-bond acceptors (Lipinski definition) is 3. The van der Waals surface area contributed by atoms with Crippen molar-refractivity contribution >= 4 is 15.4 Å². The predicted octanol–water partition coefficient (Wildman–Crippen LogP) is 4.63. The van der Waals surface area contributed by atoms with Crippen LogP contribution in [0.5, 0.6) is 0 Å². The number of benzene rings is 1. The van der Waals surface area contributed by atoms with Crippen molar-refractivity contribution in [2.75, 3.05) is 0 Å². The average molecular weight is 398 g/mol. The minimum Gasteiger partial charge on any atom is -0.322 e. The maximum absolute atomic E-state index is 12.5. The van der Waals surface area contributed by atoms with E-state index < -0.39 is 9.84 Å². The Hall–Kier alpha value is -2.14. The Morgan fingerprint density at radius 1 is 1.04 bits per heavy atom. The van der Waals surface area contributed by atoms with Gasteiger partial charge < -0.3 is 4.98 Å². The topological polar surface area (TPSA) is 67.0 Å². The number of rotatable bonds is 6. The summed E-state index contributed by atoms with van der Waals surface area (Å²) in [5, 5.41) is -0.204. The molecule has 2 aliphatic rings. The molecule has 2 fully saturated rings. The number of H-pyrrole nitrogens is 1. The van der Waals surface area contributed by atoms with E-state index in [1.165, 1.54) is 25.7 Å². The van der Waals surface area contributed by atoms with Crippen LogP contribution in [-0.4, -0.2) is 18.7 Å². The van der Waals surface area contributed by atoms with Crippen LogP contribution >= 0.6 is 0 Å². The zero-order valence-corrected chi connectivity index (χ0v) is 17.1. The Morgan fingerprint density at radius 2 is 1.71 bits per heavy atom. The molecule has 4 nitrogen and oxygen atoms in total. The molecule has 0 atom stereocenters. The van der Waals surface area contributed by atoms with Crippen LogP contribution in [0.25, 0.3) is 5.57 Å². The molecule has 0 unspecified atom stereocenters. The number of hydrogen-bond donors (Lipinski definition) is 1. The van der Waals surface area contributed by atoms with Gasteiger partial charge in [-0.05, 0) is 55.9 Å². The number of aryl methyl sites for hydroxylation is 1. The highest BCUT2D eigenvalue weighted by molar-refractivity contribution is 7.92. The first kappa shape index (κ1) is 19.2. The fourth-order valence-corrected chi connectivity index (χ4v) is 5.67. The molecule has 0 spiro atoms. The molecule has 0 bridgehead atoms. The standard InChI is InChI=1S/C23H27NO3S/c1-16-6-15-22(24-23(16)25)21(14-7-17-4-2-3-5-17)18-8-10-19(11-9-18)28(26,27)20-12-13-20/h6,8-11,14-15,17,20H,2-5,7,12-13H2,1H3,(H,24,25)/b21-14-. The van der Waals surface area contributed by atoms with Crippen molar-refractivity contribution in [1.29, 1.82) is 0 Å². The van der Waals surface area contributed by atoms with E-state index in [2.05, 4.69) is 11.1 Å². The minimum atomic E-state index is -3.19. The zero-order chi connectivity index (χ0) is 19.7. The first-order valence-corrected chi connectivity index (χ1v) is 11.7. The molecule has 0 saturated heterocycles. The van der Waals surface area contributed by atoms with Crippen molar-refractivity contribution in [1.82, 2.24) is 4.98 Å². The van der Waals surface area contributed by atoms with Gasteiger partial charge in [-0.3, -0.25) is 4.79 Å². The van der Waals surface area contributed by atoms with Crippen LogP contribution < -0.4 is 5.56 Å². The normalized spacial score (nSPS) is 18.5.